The first kappa shape index (κ1) is 20.7. The van der Waals surface area contributed by atoms with E-state index in [1.165, 1.54) is 25.1 Å². The van der Waals surface area contributed by atoms with E-state index in [1.807, 2.05) is 19.2 Å². The number of aromatic nitrogens is 3. The smallest absolute Gasteiger partial charge is 0.250 e. The topological polar surface area (TPSA) is 102 Å². The molecule has 2 N–H and O–H groups in total. The number of hydrogen-bond donors (Lipinski definition) is 2. The Kier molecular flexibility index (Phi) is 6.73. The minimum absolute atomic E-state index is 0.0463. The quantitative estimate of drug-likeness (QED) is 0.338. The number of rotatable bonds is 7. The van der Waals surface area contributed by atoms with Crippen LogP contribution in [0.1, 0.15) is 5.56 Å². The Morgan fingerprint density at radius 2 is 2.14 bits per heavy atom. The molecule has 0 saturated heterocycles. The van der Waals surface area contributed by atoms with E-state index >= 15 is 0 Å². The number of hydrazone groups is 1. The van der Waals surface area contributed by atoms with Gasteiger partial charge in [0, 0.05) is 23.2 Å². The van der Waals surface area contributed by atoms with Crippen LogP contribution in [-0.4, -0.2) is 44.9 Å². The second-order valence-corrected chi connectivity index (χ2v) is 7.23. The lowest BCUT2D eigenvalue weighted by molar-refractivity contribution is -0.118. The zero-order valence-electron chi connectivity index (χ0n) is 15.7. The zero-order chi connectivity index (χ0) is 20.8. The predicted molar refractivity (Wildman–Crippen MR) is 113 cm³/mol. The van der Waals surface area contributed by atoms with Gasteiger partial charge in [-0.15, -0.1) is 10.2 Å². The van der Waals surface area contributed by atoms with Crippen molar-refractivity contribution in [2.24, 2.45) is 12.1 Å². The second kappa shape index (κ2) is 9.44. The van der Waals surface area contributed by atoms with Crippen LogP contribution in [0.4, 0.5) is 0 Å². The van der Waals surface area contributed by atoms with E-state index in [0.717, 1.165) is 5.56 Å². The number of amides is 1. The number of aromatic hydroxyl groups is 1. The second-order valence-electron chi connectivity index (χ2n) is 5.86. The number of hydrogen-bond acceptors (Lipinski definition) is 7. The number of phenols is 1. The van der Waals surface area contributed by atoms with Crippen molar-refractivity contribution in [3.63, 3.8) is 0 Å². The Bertz CT molecular complexity index is 1050. The van der Waals surface area contributed by atoms with Crippen molar-refractivity contribution in [3.05, 3.63) is 53.1 Å². The summed E-state index contributed by atoms with van der Waals surface area (Å²) >= 11 is 7.26. The molecule has 3 rings (SSSR count). The van der Waals surface area contributed by atoms with Crippen molar-refractivity contribution in [2.75, 3.05) is 12.9 Å². The van der Waals surface area contributed by atoms with E-state index in [0.29, 0.717) is 27.3 Å². The number of methoxy groups -OCH3 is 1. The summed E-state index contributed by atoms with van der Waals surface area (Å²) in [4.78, 5) is 12.0. The van der Waals surface area contributed by atoms with Crippen LogP contribution in [0.5, 0.6) is 11.5 Å². The average Bonchev–Trinajstić information content (AvgIpc) is 3.08. The molecular formula is C19H18ClN5O3S. The number of phenolic OH excluding ortho intramolecular Hbond substituents is 1. The predicted octanol–water partition coefficient (Wildman–Crippen LogP) is 3.09. The van der Waals surface area contributed by atoms with Crippen molar-refractivity contribution in [1.29, 1.82) is 0 Å². The molecule has 0 aliphatic heterocycles. The molecule has 150 valence electrons. The zero-order valence-corrected chi connectivity index (χ0v) is 17.2. The van der Waals surface area contributed by atoms with Crippen LogP contribution in [0.25, 0.3) is 11.4 Å². The van der Waals surface area contributed by atoms with Gasteiger partial charge in [-0.1, -0.05) is 41.6 Å². The Morgan fingerprint density at radius 3 is 2.90 bits per heavy atom. The molecule has 0 bridgehead atoms. The summed E-state index contributed by atoms with van der Waals surface area (Å²) in [6, 6.07) is 12.3. The fraction of sp³-hybridized carbons (Fsp3) is 0.158. The highest BCUT2D eigenvalue weighted by Crippen LogP contribution is 2.28. The molecule has 1 amide bonds. The van der Waals surface area contributed by atoms with Gasteiger partial charge < -0.3 is 14.4 Å². The summed E-state index contributed by atoms with van der Waals surface area (Å²) in [6.45, 7) is 0. The molecule has 0 aliphatic carbocycles. The molecule has 2 aromatic carbocycles. The Morgan fingerprint density at radius 1 is 1.34 bits per heavy atom. The van der Waals surface area contributed by atoms with Crippen LogP contribution < -0.4 is 10.2 Å². The van der Waals surface area contributed by atoms with Gasteiger partial charge in [0.05, 0.1) is 19.1 Å². The maximum atomic E-state index is 12.0. The molecule has 1 aromatic heterocycles. The summed E-state index contributed by atoms with van der Waals surface area (Å²) in [5.41, 5.74) is 3.68. The van der Waals surface area contributed by atoms with E-state index in [-0.39, 0.29) is 17.4 Å². The van der Waals surface area contributed by atoms with Crippen molar-refractivity contribution < 1.29 is 14.6 Å². The van der Waals surface area contributed by atoms with Crippen molar-refractivity contribution >= 4 is 35.5 Å². The van der Waals surface area contributed by atoms with Gasteiger partial charge in [0.2, 0.25) is 0 Å². The monoisotopic (exact) mass is 431 g/mol. The van der Waals surface area contributed by atoms with Gasteiger partial charge in [0.15, 0.2) is 22.5 Å². The Balaban J connectivity index is 1.58. The molecule has 29 heavy (non-hydrogen) atoms. The molecule has 8 nitrogen and oxygen atoms in total. The number of benzene rings is 2. The summed E-state index contributed by atoms with van der Waals surface area (Å²) < 4.78 is 6.82. The van der Waals surface area contributed by atoms with Gasteiger partial charge in [0.1, 0.15) is 0 Å². The van der Waals surface area contributed by atoms with Crippen LogP contribution in [0.2, 0.25) is 5.02 Å². The summed E-state index contributed by atoms with van der Waals surface area (Å²) in [7, 11) is 3.28. The third-order valence-electron chi connectivity index (χ3n) is 3.89. The Hall–Kier alpha value is -3.04. The maximum Gasteiger partial charge on any atom is 0.250 e. The molecule has 3 aromatic rings. The normalized spacial score (nSPS) is 11.0. The van der Waals surface area contributed by atoms with Crippen LogP contribution >= 0.6 is 23.4 Å². The van der Waals surface area contributed by atoms with Gasteiger partial charge in [0.25, 0.3) is 5.91 Å². The molecule has 0 radical (unpaired) electrons. The molecule has 0 fully saturated rings. The number of halogens is 1. The highest BCUT2D eigenvalue weighted by Gasteiger charge is 2.13. The molecule has 0 aliphatic rings. The highest BCUT2D eigenvalue weighted by atomic mass is 35.5. The van der Waals surface area contributed by atoms with Crippen LogP contribution in [0.15, 0.2) is 52.7 Å². The van der Waals surface area contributed by atoms with Gasteiger partial charge in [-0.3, -0.25) is 4.79 Å². The Labute approximate surface area is 176 Å². The average molecular weight is 432 g/mol. The van der Waals surface area contributed by atoms with Gasteiger partial charge in [-0.25, -0.2) is 5.43 Å². The molecule has 0 saturated carbocycles. The summed E-state index contributed by atoms with van der Waals surface area (Å²) in [5, 5.41) is 23.3. The van der Waals surface area contributed by atoms with E-state index in [2.05, 4.69) is 20.7 Å². The van der Waals surface area contributed by atoms with Gasteiger partial charge in [-0.05, 0) is 24.3 Å². The minimum Gasteiger partial charge on any atom is -0.504 e. The first-order chi connectivity index (χ1) is 14.0. The summed E-state index contributed by atoms with van der Waals surface area (Å²) in [6.07, 6.45) is 1.35. The van der Waals surface area contributed by atoms with E-state index < -0.39 is 0 Å². The fourth-order valence-electron chi connectivity index (χ4n) is 2.46. The first-order valence-corrected chi connectivity index (χ1v) is 9.82. The standard InChI is InChI=1S/C19H18ClN5O3S/c1-25-18(12-5-3-7-14(20)9-12)23-24-19(25)29-11-16(26)22-21-10-13-6-4-8-15(28-2)17(13)27/h3-10,27H,11H2,1-2H3,(H,22,26)/b21-10-. The first-order valence-electron chi connectivity index (χ1n) is 8.45. The molecule has 0 atom stereocenters. The van der Waals surface area contributed by atoms with Crippen LogP contribution in [0.3, 0.4) is 0 Å². The number of thioether (sulfide) groups is 1. The number of para-hydroxylation sites is 1. The maximum absolute atomic E-state index is 12.0. The van der Waals surface area contributed by atoms with Crippen molar-refractivity contribution in [3.8, 4) is 22.9 Å². The van der Waals surface area contributed by atoms with Gasteiger partial charge >= 0.3 is 0 Å². The largest absolute Gasteiger partial charge is 0.504 e. The van der Waals surface area contributed by atoms with E-state index in [1.54, 1.807) is 34.9 Å². The van der Waals surface area contributed by atoms with Crippen LogP contribution in [0, 0.1) is 0 Å². The highest BCUT2D eigenvalue weighted by molar-refractivity contribution is 7.99. The molecule has 10 heteroatoms. The number of nitrogens with one attached hydrogen (secondary N) is 1. The van der Waals surface area contributed by atoms with Crippen LogP contribution in [-0.2, 0) is 11.8 Å². The van der Waals surface area contributed by atoms with Crippen molar-refractivity contribution in [1.82, 2.24) is 20.2 Å². The molecular weight excluding hydrogens is 414 g/mol. The molecule has 1 heterocycles. The van der Waals surface area contributed by atoms with E-state index in [9.17, 15) is 9.90 Å². The number of nitrogens with zero attached hydrogens (tertiary/aromatic N) is 4. The lowest BCUT2D eigenvalue weighted by Gasteiger charge is -2.05. The van der Waals surface area contributed by atoms with Crippen molar-refractivity contribution in [2.45, 2.75) is 5.16 Å². The minimum atomic E-state index is -0.319. The lowest BCUT2D eigenvalue weighted by Crippen LogP contribution is -2.19. The number of ether oxygens (including phenoxy) is 1. The lowest BCUT2D eigenvalue weighted by atomic mass is 10.2. The third kappa shape index (κ3) is 5.07. The third-order valence-corrected chi connectivity index (χ3v) is 5.15. The number of carbonyl (C=O) groups is 1. The number of carbonyl (C=O) groups excluding carboxylic acids is 1. The fourth-order valence-corrected chi connectivity index (χ4v) is 3.36. The molecule has 0 unspecified atom stereocenters. The molecule has 0 spiro atoms. The summed E-state index contributed by atoms with van der Waals surface area (Å²) in [5.74, 6) is 0.717. The SMILES string of the molecule is COc1cccc(/C=N\NC(=O)CSc2nnc(-c3cccc(Cl)c3)n2C)c1O. The van der Waals surface area contributed by atoms with Gasteiger partial charge in [-0.2, -0.15) is 5.10 Å². The van der Waals surface area contributed by atoms with E-state index in [4.69, 9.17) is 16.3 Å².